The topological polar surface area (TPSA) is 38.0 Å². The van der Waals surface area contributed by atoms with E-state index in [9.17, 15) is 0 Å². The van der Waals surface area contributed by atoms with Gasteiger partial charge in [-0.3, -0.25) is 0 Å². The first-order valence-electron chi connectivity index (χ1n) is 5.91. The molecule has 18 heavy (non-hydrogen) atoms. The summed E-state index contributed by atoms with van der Waals surface area (Å²) in [7, 11) is 0. The van der Waals surface area contributed by atoms with E-state index in [-0.39, 0.29) is 0 Å². The summed E-state index contributed by atoms with van der Waals surface area (Å²) in [5, 5.41) is 3.97. The van der Waals surface area contributed by atoms with Crippen LogP contribution in [0.3, 0.4) is 0 Å². The minimum absolute atomic E-state index is 0.590. The molecule has 2 aromatic rings. The first kappa shape index (κ1) is 12.8. The molecular weight excluding hydrogens is 244 g/mol. The molecule has 0 radical (unpaired) electrons. The van der Waals surface area contributed by atoms with E-state index in [4.69, 9.17) is 17.3 Å². The molecule has 0 aliphatic heterocycles. The largest absolute Gasteiger partial charge is 0.398 e. The van der Waals surface area contributed by atoms with Crippen LogP contribution in [0.15, 0.2) is 36.4 Å². The second-order valence-corrected chi connectivity index (χ2v) is 4.93. The van der Waals surface area contributed by atoms with Gasteiger partial charge in [-0.25, -0.2) is 0 Å². The van der Waals surface area contributed by atoms with Crippen LogP contribution in [0.25, 0.3) is 0 Å². The molecule has 2 rings (SSSR count). The maximum atomic E-state index is 6.02. The molecule has 0 aliphatic rings. The number of nitrogen functional groups attached to an aromatic ring is 1. The number of anilines is 2. The standard InChI is InChI=1S/C15H17ClN2/c1-10-3-5-12(6-4-10)9-18-15-8-13(16)14(17)7-11(15)2/h3-8,18H,9,17H2,1-2H3. The van der Waals surface area contributed by atoms with Crippen molar-refractivity contribution >= 4 is 23.0 Å². The Kier molecular flexibility index (Phi) is 3.78. The zero-order chi connectivity index (χ0) is 13.1. The fourth-order valence-corrected chi connectivity index (χ4v) is 1.96. The van der Waals surface area contributed by atoms with Crippen LogP contribution in [-0.4, -0.2) is 0 Å². The lowest BCUT2D eigenvalue weighted by atomic mass is 10.1. The predicted octanol–water partition coefficient (Wildman–Crippen LogP) is 4.15. The summed E-state index contributed by atoms with van der Waals surface area (Å²) in [6.45, 7) is 4.88. The normalized spacial score (nSPS) is 10.4. The van der Waals surface area contributed by atoms with Crippen molar-refractivity contribution in [3.8, 4) is 0 Å². The molecule has 0 bridgehead atoms. The summed E-state index contributed by atoms with van der Waals surface area (Å²) in [6, 6.07) is 12.2. The molecule has 2 aromatic carbocycles. The number of hydrogen-bond acceptors (Lipinski definition) is 2. The Morgan fingerprint density at radius 2 is 1.78 bits per heavy atom. The summed E-state index contributed by atoms with van der Waals surface area (Å²) in [5.41, 5.74) is 11.0. The Balaban J connectivity index is 2.10. The van der Waals surface area contributed by atoms with Gasteiger partial charge >= 0.3 is 0 Å². The molecule has 3 heteroatoms. The maximum Gasteiger partial charge on any atom is 0.0656 e. The van der Waals surface area contributed by atoms with Gasteiger partial charge in [0.05, 0.1) is 10.7 Å². The molecule has 0 aromatic heterocycles. The number of benzene rings is 2. The molecule has 0 unspecified atom stereocenters. The lowest BCUT2D eigenvalue weighted by molar-refractivity contribution is 1.14. The van der Waals surface area contributed by atoms with Gasteiger partial charge in [-0.1, -0.05) is 41.4 Å². The van der Waals surface area contributed by atoms with Crippen molar-refractivity contribution in [3.63, 3.8) is 0 Å². The number of halogens is 1. The monoisotopic (exact) mass is 260 g/mol. The highest BCUT2D eigenvalue weighted by Gasteiger charge is 2.03. The Morgan fingerprint density at radius 3 is 2.44 bits per heavy atom. The lowest BCUT2D eigenvalue weighted by Crippen LogP contribution is -2.02. The molecule has 0 heterocycles. The van der Waals surface area contributed by atoms with Gasteiger partial charge in [-0.05, 0) is 37.1 Å². The summed E-state index contributed by atoms with van der Waals surface area (Å²) < 4.78 is 0. The maximum absolute atomic E-state index is 6.02. The summed E-state index contributed by atoms with van der Waals surface area (Å²) >= 11 is 6.02. The van der Waals surface area contributed by atoms with Crippen molar-refractivity contribution < 1.29 is 0 Å². The van der Waals surface area contributed by atoms with E-state index in [2.05, 4.69) is 36.5 Å². The summed E-state index contributed by atoms with van der Waals surface area (Å²) in [5.74, 6) is 0. The third kappa shape index (κ3) is 2.96. The highest BCUT2D eigenvalue weighted by atomic mass is 35.5. The van der Waals surface area contributed by atoms with E-state index in [1.54, 1.807) is 0 Å². The van der Waals surface area contributed by atoms with Gasteiger partial charge in [-0.15, -0.1) is 0 Å². The Bertz CT molecular complexity index is 547. The average Bonchev–Trinajstić information content (AvgIpc) is 2.34. The Hall–Kier alpha value is -1.67. The lowest BCUT2D eigenvalue weighted by Gasteiger charge is -2.11. The molecule has 94 valence electrons. The zero-order valence-electron chi connectivity index (χ0n) is 10.6. The van der Waals surface area contributed by atoms with Crippen molar-refractivity contribution in [1.82, 2.24) is 0 Å². The highest BCUT2D eigenvalue weighted by molar-refractivity contribution is 6.33. The molecular formula is C15H17ClN2. The van der Waals surface area contributed by atoms with Crippen LogP contribution in [0.5, 0.6) is 0 Å². The first-order valence-corrected chi connectivity index (χ1v) is 6.29. The molecule has 0 fully saturated rings. The van der Waals surface area contributed by atoms with Gasteiger partial charge < -0.3 is 11.1 Å². The van der Waals surface area contributed by atoms with E-state index in [0.29, 0.717) is 10.7 Å². The van der Waals surface area contributed by atoms with Crippen LogP contribution >= 0.6 is 11.6 Å². The van der Waals surface area contributed by atoms with Gasteiger partial charge in [0.1, 0.15) is 0 Å². The summed E-state index contributed by atoms with van der Waals surface area (Å²) in [4.78, 5) is 0. The average molecular weight is 261 g/mol. The molecule has 0 spiro atoms. The van der Waals surface area contributed by atoms with Gasteiger partial charge in [0, 0.05) is 12.2 Å². The molecule has 0 atom stereocenters. The smallest absolute Gasteiger partial charge is 0.0656 e. The number of nitrogens with one attached hydrogen (secondary N) is 1. The first-order chi connectivity index (χ1) is 8.56. The van der Waals surface area contributed by atoms with E-state index >= 15 is 0 Å². The molecule has 0 aliphatic carbocycles. The number of rotatable bonds is 3. The van der Waals surface area contributed by atoms with Crippen molar-refractivity contribution in [2.75, 3.05) is 11.1 Å². The Labute approximate surface area is 113 Å². The van der Waals surface area contributed by atoms with Gasteiger partial charge in [0.25, 0.3) is 0 Å². The second kappa shape index (κ2) is 5.32. The third-order valence-electron chi connectivity index (χ3n) is 2.95. The predicted molar refractivity (Wildman–Crippen MR) is 79.1 cm³/mol. The minimum Gasteiger partial charge on any atom is -0.398 e. The molecule has 3 N–H and O–H groups in total. The van der Waals surface area contributed by atoms with Gasteiger partial charge in [0.15, 0.2) is 0 Å². The van der Waals surface area contributed by atoms with Crippen molar-refractivity contribution in [2.45, 2.75) is 20.4 Å². The number of nitrogens with two attached hydrogens (primary N) is 1. The van der Waals surface area contributed by atoms with E-state index < -0.39 is 0 Å². The molecule has 0 saturated heterocycles. The molecule has 0 saturated carbocycles. The SMILES string of the molecule is Cc1ccc(CNc2cc(Cl)c(N)cc2C)cc1. The van der Waals surface area contributed by atoms with E-state index in [1.165, 1.54) is 11.1 Å². The second-order valence-electron chi connectivity index (χ2n) is 4.53. The zero-order valence-corrected chi connectivity index (χ0v) is 11.4. The third-order valence-corrected chi connectivity index (χ3v) is 3.27. The van der Waals surface area contributed by atoms with Crippen molar-refractivity contribution in [3.05, 3.63) is 58.1 Å². The van der Waals surface area contributed by atoms with Crippen LogP contribution in [-0.2, 0) is 6.54 Å². The van der Waals surface area contributed by atoms with E-state index in [1.807, 2.05) is 19.1 Å². The van der Waals surface area contributed by atoms with Gasteiger partial charge in [0.2, 0.25) is 0 Å². The minimum atomic E-state index is 0.590. The molecule has 0 amide bonds. The number of aryl methyl sites for hydroxylation is 2. The van der Waals surface area contributed by atoms with Gasteiger partial charge in [-0.2, -0.15) is 0 Å². The quantitative estimate of drug-likeness (QED) is 0.814. The van der Waals surface area contributed by atoms with E-state index in [0.717, 1.165) is 17.8 Å². The fourth-order valence-electron chi connectivity index (χ4n) is 1.80. The fraction of sp³-hybridized carbons (Fsp3) is 0.200. The summed E-state index contributed by atoms with van der Waals surface area (Å²) in [6.07, 6.45) is 0. The van der Waals surface area contributed by atoms with Crippen LogP contribution in [0, 0.1) is 13.8 Å². The van der Waals surface area contributed by atoms with Crippen LogP contribution in [0.2, 0.25) is 5.02 Å². The molecule has 2 nitrogen and oxygen atoms in total. The van der Waals surface area contributed by atoms with Crippen LogP contribution < -0.4 is 11.1 Å². The highest BCUT2D eigenvalue weighted by Crippen LogP contribution is 2.26. The number of hydrogen-bond donors (Lipinski definition) is 2. The van der Waals surface area contributed by atoms with Crippen molar-refractivity contribution in [2.24, 2.45) is 0 Å². The van der Waals surface area contributed by atoms with Crippen LogP contribution in [0.4, 0.5) is 11.4 Å². The van der Waals surface area contributed by atoms with Crippen LogP contribution in [0.1, 0.15) is 16.7 Å². The van der Waals surface area contributed by atoms with Crippen molar-refractivity contribution in [1.29, 1.82) is 0 Å². The Morgan fingerprint density at radius 1 is 1.11 bits per heavy atom.